The minimum atomic E-state index is 0.136. The summed E-state index contributed by atoms with van der Waals surface area (Å²) in [4.78, 5) is 12.5. The molecule has 0 aromatic heterocycles. The lowest BCUT2D eigenvalue weighted by atomic mass is 10.0. The van der Waals surface area contributed by atoms with Crippen LogP contribution < -0.4 is 5.32 Å². The summed E-state index contributed by atoms with van der Waals surface area (Å²) in [6.07, 6.45) is 1.09. The van der Waals surface area contributed by atoms with Crippen LogP contribution in [-0.2, 0) is 4.79 Å². The number of halogens is 1. The second kappa shape index (κ2) is 4.91. The second-order valence-electron chi connectivity index (χ2n) is 6.85. The average Bonchev–Trinajstić information content (AvgIpc) is 2.52. The largest absolute Gasteiger partial charge is 0.355 e. The molecule has 1 amide bonds. The van der Waals surface area contributed by atoms with Gasteiger partial charge >= 0.3 is 0 Å². The van der Waals surface area contributed by atoms with Gasteiger partial charge in [0, 0.05) is 17.3 Å². The standard InChI is InChI=1S/C14H26BrNO/c1-9(2)7-10(15)8-16-12(17)11-13(3,4)14(11,5)6/h9-11H,7-8H2,1-6H3,(H,16,17). The first-order chi connectivity index (χ1) is 7.60. The van der Waals surface area contributed by atoms with E-state index in [1.807, 2.05) is 0 Å². The molecule has 0 heterocycles. The van der Waals surface area contributed by atoms with Crippen LogP contribution in [0.25, 0.3) is 0 Å². The molecule has 17 heavy (non-hydrogen) atoms. The van der Waals surface area contributed by atoms with E-state index >= 15 is 0 Å². The Morgan fingerprint density at radius 3 is 2.06 bits per heavy atom. The Balaban J connectivity index is 2.38. The molecule has 1 aliphatic rings. The summed E-state index contributed by atoms with van der Waals surface area (Å²) in [6.45, 7) is 13.8. The quantitative estimate of drug-likeness (QED) is 0.773. The Morgan fingerprint density at radius 2 is 1.71 bits per heavy atom. The summed E-state index contributed by atoms with van der Waals surface area (Å²) < 4.78 is 0. The highest BCUT2D eigenvalue weighted by Gasteiger charge is 2.68. The van der Waals surface area contributed by atoms with Crippen LogP contribution in [0.2, 0.25) is 0 Å². The molecular formula is C14H26BrNO. The molecule has 1 saturated carbocycles. The third-order valence-corrected chi connectivity index (χ3v) is 5.21. The molecule has 0 spiro atoms. The first-order valence-electron chi connectivity index (χ1n) is 6.52. The Morgan fingerprint density at radius 1 is 1.24 bits per heavy atom. The maximum absolute atomic E-state index is 12.1. The lowest BCUT2D eigenvalue weighted by Gasteiger charge is -2.13. The van der Waals surface area contributed by atoms with Gasteiger partial charge < -0.3 is 5.32 Å². The fraction of sp³-hybridized carbons (Fsp3) is 0.929. The third-order valence-electron chi connectivity index (χ3n) is 4.51. The van der Waals surface area contributed by atoms with Crippen molar-refractivity contribution in [3.8, 4) is 0 Å². The second-order valence-corrected chi connectivity index (χ2v) is 8.14. The van der Waals surface area contributed by atoms with Crippen LogP contribution in [0.4, 0.5) is 0 Å². The molecule has 0 aromatic rings. The zero-order chi connectivity index (χ0) is 13.4. The molecule has 0 aliphatic heterocycles. The normalized spacial score (nSPS) is 23.5. The van der Waals surface area contributed by atoms with Crippen molar-refractivity contribution < 1.29 is 4.79 Å². The number of nitrogens with one attached hydrogen (secondary N) is 1. The van der Waals surface area contributed by atoms with Gasteiger partial charge in [0.1, 0.15) is 0 Å². The van der Waals surface area contributed by atoms with Gasteiger partial charge in [-0.1, -0.05) is 57.5 Å². The van der Waals surface area contributed by atoms with E-state index in [4.69, 9.17) is 0 Å². The Labute approximate surface area is 114 Å². The highest BCUT2D eigenvalue weighted by molar-refractivity contribution is 9.09. The molecule has 0 saturated heterocycles. The molecule has 0 radical (unpaired) electrons. The number of amides is 1. The van der Waals surface area contributed by atoms with Crippen LogP contribution in [0.5, 0.6) is 0 Å². The molecule has 1 N–H and O–H groups in total. The summed E-state index contributed by atoms with van der Waals surface area (Å²) in [7, 11) is 0. The van der Waals surface area contributed by atoms with E-state index in [-0.39, 0.29) is 22.7 Å². The van der Waals surface area contributed by atoms with E-state index in [1.165, 1.54) is 0 Å². The first-order valence-corrected chi connectivity index (χ1v) is 7.44. The lowest BCUT2D eigenvalue weighted by molar-refractivity contribution is -0.123. The van der Waals surface area contributed by atoms with Crippen molar-refractivity contribution in [3.63, 3.8) is 0 Å². The minimum Gasteiger partial charge on any atom is -0.355 e. The summed E-state index contributed by atoms with van der Waals surface area (Å²) in [5.41, 5.74) is 0.272. The van der Waals surface area contributed by atoms with Crippen molar-refractivity contribution in [1.29, 1.82) is 0 Å². The van der Waals surface area contributed by atoms with Gasteiger partial charge in [-0.25, -0.2) is 0 Å². The topological polar surface area (TPSA) is 29.1 Å². The van der Waals surface area contributed by atoms with Crippen molar-refractivity contribution >= 4 is 21.8 Å². The van der Waals surface area contributed by atoms with Crippen LogP contribution >= 0.6 is 15.9 Å². The van der Waals surface area contributed by atoms with Crippen LogP contribution in [0, 0.1) is 22.7 Å². The Hall–Kier alpha value is -0.0500. The van der Waals surface area contributed by atoms with Crippen molar-refractivity contribution in [1.82, 2.24) is 5.32 Å². The van der Waals surface area contributed by atoms with Crippen molar-refractivity contribution in [2.24, 2.45) is 22.7 Å². The van der Waals surface area contributed by atoms with Gasteiger partial charge in [-0.05, 0) is 23.2 Å². The van der Waals surface area contributed by atoms with E-state index in [0.29, 0.717) is 10.7 Å². The molecule has 0 aromatic carbocycles. The fourth-order valence-corrected chi connectivity index (χ4v) is 3.67. The molecule has 2 nitrogen and oxygen atoms in total. The Kier molecular flexibility index (Phi) is 4.33. The summed E-state index contributed by atoms with van der Waals surface area (Å²) >= 11 is 3.62. The highest BCUT2D eigenvalue weighted by atomic mass is 79.9. The lowest BCUT2D eigenvalue weighted by Crippen LogP contribution is -2.32. The summed E-state index contributed by atoms with van der Waals surface area (Å²) in [5, 5.41) is 3.08. The molecule has 100 valence electrons. The van der Waals surface area contributed by atoms with Crippen molar-refractivity contribution in [2.75, 3.05) is 6.54 Å². The molecule has 0 bridgehead atoms. The summed E-state index contributed by atoms with van der Waals surface area (Å²) in [5.74, 6) is 1.03. The van der Waals surface area contributed by atoms with Gasteiger partial charge in [-0.2, -0.15) is 0 Å². The number of alkyl halides is 1. The monoisotopic (exact) mass is 303 g/mol. The van der Waals surface area contributed by atoms with E-state index in [0.717, 1.165) is 13.0 Å². The minimum absolute atomic E-state index is 0.136. The predicted molar refractivity (Wildman–Crippen MR) is 76.2 cm³/mol. The number of carbonyl (C=O) groups is 1. The SMILES string of the molecule is CC(C)CC(Br)CNC(=O)C1C(C)(C)C1(C)C. The average molecular weight is 304 g/mol. The van der Waals surface area contributed by atoms with Crippen LogP contribution in [0.1, 0.15) is 48.0 Å². The highest BCUT2D eigenvalue weighted by Crippen LogP contribution is 2.68. The third kappa shape index (κ3) is 3.04. The van der Waals surface area contributed by atoms with Gasteiger partial charge in [-0.15, -0.1) is 0 Å². The fourth-order valence-electron chi connectivity index (χ4n) is 2.76. The van der Waals surface area contributed by atoms with Crippen LogP contribution in [0.15, 0.2) is 0 Å². The van der Waals surface area contributed by atoms with E-state index in [1.54, 1.807) is 0 Å². The molecule has 1 unspecified atom stereocenters. The van der Waals surface area contributed by atoms with Crippen molar-refractivity contribution in [2.45, 2.75) is 52.8 Å². The number of carbonyl (C=O) groups excluding carboxylic acids is 1. The van der Waals surface area contributed by atoms with Gasteiger partial charge in [-0.3, -0.25) is 4.79 Å². The van der Waals surface area contributed by atoms with Crippen LogP contribution in [0.3, 0.4) is 0 Å². The molecule has 1 rings (SSSR count). The van der Waals surface area contributed by atoms with Gasteiger partial charge in [0.05, 0.1) is 0 Å². The molecule has 3 heteroatoms. The van der Waals surface area contributed by atoms with E-state index < -0.39 is 0 Å². The van der Waals surface area contributed by atoms with Gasteiger partial charge in [0.15, 0.2) is 0 Å². The van der Waals surface area contributed by atoms with Gasteiger partial charge in [0.25, 0.3) is 0 Å². The maximum atomic E-state index is 12.1. The zero-order valence-corrected chi connectivity index (χ0v) is 13.5. The molecule has 1 aliphatic carbocycles. The zero-order valence-electron chi connectivity index (χ0n) is 11.9. The Bertz CT molecular complexity index is 283. The first kappa shape index (κ1) is 15.0. The number of rotatable bonds is 5. The van der Waals surface area contributed by atoms with Gasteiger partial charge in [0.2, 0.25) is 5.91 Å². The predicted octanol–water partition coefficient (Wildman–Crippen LogP) is 3.59. The molecule has 1 atom stereocenters. The smallest absolute Gasteiger partial charge is 0.224 e. The van der Waals surface area contributed by atoms with Crippen molar-refractivity contribution in [3.05, 3.63) is 0 Å². The number of hydrogen-bond acceptors (Lipinski definition) is 1. The van der Waals surface area contributed by atoms with E-state index in [9.17, 15) is 4.79 Å². The summed E-state index contributed by atoms with van der Waals surface area (Å²) in [6, 6.07) is 0. The molecule has 1 fully saturated rings. The maximum Gasteiger partial charge on any atom is 0.224 e. The molecular weight excluding hydrogens is 278 g/mol. The van der Waals surface area contributed by atoms with Crippen LogP contribution in [-0.4, -0.2) is 17.3 Å². The number of hydrogen-bond donors (Lipinski definition) is 1. The van der Waals surface area contributed by atoms with E-state index in [2.05, 4.69) is 62.8 Å².